The van der Waals surface area contributed by atoms with Crippen molar-refractivity contribution in [1.29, 1.82) is 0 Å². The molecule has 0 amide bonds. The van der Waals surface area contributed by atoms with Gasteiger partial charge in [-0.2, -0.15) is 4.98 Å². The van der Waals surface area contributed by atoms with E-state index in [0.29, 0.717) is 0 Å². The van der Waals surface area contributed by atoms with Crippen molar-refractivity contribution in [2.45, 2.75) is 37.6 Å². The highest BCUT2D eigenvalue weighted by molar-refractivity contribution is 5.23. The maximum atomic E-state index is 11.6. The van der Waals surface area contributed by atoms with E-state index in [1.54, 1.807) is 0 Å². The minimum Gasteiger partial charge on any atom is -0.391 e. The van der Waals surface area contributed by atoms with Gasteiger partial charge in [-0.1, -0.05) is 0 Å². The Morgan fingerprint density at radius 1 is 1.50 bits per heavy atom. The molecule has 8 nitrogen and oxygen atoms in total. The van der Waals surface area contributed by atoms with Crippen LogP contribution in [0.1, 0.15) is 13.2 Å². The molecule has 1 aliphatic rings. The molecule has 1 fully saturated rings. The number of ether oxygens (including phenoxy) is 1. The standard InChI is InChI=1S/C10H15N3O5/c1-4(14)8-6(15)7(16)9(18-8)13-3-2-5(11)12-10(13)17/h2-4,6-9,14-16H,1H3,(H2,11,12,17)/t4-,6+,7+,8-,9-/m1/s1. The van der Waals surface area contributed by atoms with E-state index in [-0.39, 0.29) is 5.82 Å². The Kier molecular flexibility index (Phi) is 3.35. The molecule has 1 aromatic rings. The van der Waals surface area contributed by atoms with Crippen LogP contribution >= 0.6 is 0 Å². The molecule has 18 heavy (non-hydrogen) atoms. The number of rotatable bonds is 2. The predicted molar refractivity (Wildman–Crippen MR) is 60.5 cm³/mol. The first kappa shape index (κ1) is 13.0. The van der Waals surface area contributed by atoms with Gasteiger partial charge in [0.15, 0.2) is 6.23 Å². The number of aromatic nitrogens is 2. The third-order valence-electron chi connectivity index (χ3n) is 2.88. The van der Waals surface area contributed by atoms with E-state index in [0.717, 1.165) is 4.57 Å². The Morgan fingerprint density at radius 3 is 2.67 bits per heavy atom. The molecule has 0 aromatic carbocycles. The number of aliphatic hydroxyl groups excluding tert-OH is 3. The summed E-state index contributed by atoms with van der Waals surface area (Å²) in [5.74, 6) is 0.0522. The largest absolute Gasteiger partial charge is 0.391 e. The van der Waals surface area contributed by atoms with Crippen LogP contribution in [0.5, 0.6) is 0 Å². The van der Waals surface area contributed by atoms with Crippen molar-refractivity contribution in [2.75, 3.05) is 5.73 Å². The Morgan fingerprint density at radius 2 is 2.17 bits per heavy atom. The van der Waals surface area contributed by atoms with Gasteiger partial charge < -0.3 is 25.8 Å². The van der Waals surface area contributed by atoms with Crippen LogP contribution in [0.25, 0.3) is 0 Å². The van der Waals surface area contributed by atoms with Crippen LogP contribution in [0, 0.1) is 0 Å². The summed E-state index contributed by atoms with van der Waals surface area (Å²) in [7, 11) is 0. The monoisotopic (exact) mass is 257 g/mol. The summed E-state index contributed by atoms with van der Waals surface area (Å²) in [4.78, 5) is 15.1. The number of hydrogen-bond donors (Lipinski definition) is 4. The zero-order chi connectivity index (χ0) is 13.4. The van der Waals surface area contributed by atoms with Crippen LogP contribution in [0.4, 0.5) is 5.82 Å². The number of anilines is 1. The van der Waals surface area contributed by atoms with E-state index in [1.807, 2.05) is 0 Å². The molecular formula is C10H15N3O5. The Hall–Kier alpha value is -1.48. The SMILES string of the molecule is C[C@@H](O)[C@H]1O[C@@H](n2ccc(N)nc2=O)[C@@H](O)[C@@H]1O. The highest BCUT2D eigenvalue weighted by Gasteiger charge is 2.46. The average molecular weight is 257 g/mol. The number of nitrogens with zero attached hydrogens (tertiary/aromatic N) is 2. The van der Waals surface area contributed by atoms with Crippen LogP contribution in [0.15, 0.2) is 17.1 Å². The molecule has 0 aliphatic carbocycles. The molecule has 1 aliphatic heterocycles. The minimum atomic E-state index is -1.33. The van der Waals surface area contributed by atoms with Gasteiger partial charge in [0.05, 0.1) is 6.10 Å². The molecule has 0 radical (unpaired) electrons. The summed E-state index contributed by atoms with van der Waals surface area (Å²) in [6.45, 7) is 1.42. The summed E-state index contributed by atoms with van der Waals surface area (Å²) >= 11 is 0. The quantitative estimate of drug-likeness (QED) is 0.474. The maximum Gasteiger partial charge on any atom is 0.351 e. The predicted octanol–water partition coefficient (Wildman–Crippen LogP) is -2.17. The zero-order valence-electron chi connectivity index (χ0n) is 9.67. The molecule has 1 aromatic heterocycles. The fourth-order valence-corrected chi connectivity index (χ4v) is 1.93. The summed E-state index contributed by atoms with van der Waals surface area (Å²) < 4.78 is 6.31. The fraction of sp³-hybridized carbons (Fsp3) is 0.600. The normalized spacial score (nSPS) is 33.6. The fourth-order valence-electron chi connectivity index (χ4n) is 1.93. The maximum absolute atomic E-state index is 11.6. The van der Waals surface area contributed by atoms with Crippen molar-refractivity contribution < 1.29 is 20.1 Å². The molecule has 2 heterocycles. The lowest BCUT2D eigenvalue weighted by molar-refractivity contribution is -0.0803. The summed E-state index contributed by atoms with van der Waals surface area (Å²) in [6.07, 6.45) is -4.32. The Labute approximate surface area is 102 Å². The van der Waals surface area contributed by atoms with Crippen molar-refractivity contribution in [3.8, 4) is 0 Å². The van der Waals surface area contributed by atoms with Crippen LogP contribution in [0.2, 0.25) is 0 Å². The van der Waals surface area contributed by atoms with Crippen molar-refractivity contribution >= 4 is 5.82 Å². The van der Waals surface area contributed by atoms with Gasteiger partial charge in [0.25, 0.3) is 0 Å². The smallest absolute Gasteiger partial charge is 0.351 e. The van der Waals surface area contributed by atoms with Crippen LogP contribution in [-0.2, 0) is 4.74 Å². The van der Waals surface area contributed by atoms with Crippen molar-refractivity contribution in [3.63, 3.8) is 0 Å². The topological polar surface area (TPSA) is 131 Å². The van der Waals surface area contributed by atoms with Gasteiger partial charge in [-0.15, -0.1) is 0 Å². The van der Waals surface area contributed by atoms with Gasteiger partial charge in [-0.3, -0.25) is 4.57 Å². The summed E-state index contributed by atoms with van der Waals surface area (Å²) in [6, 6.07) is 1.37. The van der Waals surface area contributed by atoms with Gasteiger partial charge in [0.1, 0.15) is 24.1 Å². The highest BCUT2D eigenvalue weighted by atomic mass is 16.6. The molecule has 0 spiro atoms. The zero-order valence-corrected chi connectivity index (χ0v) is 9.67. The molecule has 0 unspecified atom stereocenters. The highest BCUT2D eigenvalue weighted by Crippen LogP contribution is 2.29. The average Bonchev–Trinajstić information content (AvgIpc) is 2.57. The lowest BCUT2D eigenvalue weighted by Gasteiger charge is -2.17. The first-order valence-electron chi connectivity index (χ1n) is 5.46. The van der Waals surface area contributed by atoms with E-state index in [4.69, 9.17) is 10.5 Å². The summed E-state index contributed by atoms with van der Waals surface area (Å²) in [5, 5.41) is 28.9. The lowest BCUT2D eigenvalue weighted by Crippen LogP contribution is -2.38. The van der Waals surface area contributed by atoms with Gasteiger partial charge in [-0.25, -0.2) is 4.79 Å². The molecule has 0 bridgehead atoms. The number of aliphatic hydroxyl groups is 3. The van der Waals surface area contributed by atoms with E-state index in [1.165, 1.54) is 19.2 Å². The molecular weight excluding hydrogens is 242 g/mol. The van der Waals surface area contributed by atoms with E-state index < -0.39 is 36.3 Å². The van der Waals surface area contributed by atoms with Gasteiger partial charge in [0, 0.05) is 6.20 Å². The second-order valence-corrected chi connectivity index (χ2v) is 4.26. The minimum absolute atomic E-state index is 0.0522. The molecule has 0 saturated carbocycles. The van der Waals surface area contributed by atoms with Gasteiger partial charge in [0.2, 0.25) is 0 Å². The van der Waals surface area contributed by atoms with Crippen LogP contribution in [-0.4, -0.2) is 49.3 Å². The Balaban J connectivity index is 2.32. The second-order valence-electron chi connectivity index (χ2n) is 4.26. The van der Waals surface area contributed by atoms with Crippen LogP contribution in [0.3, 0.4) is 0 Å². The van der Waals surface area contributed by atoms with E-state index in [9.17, 15) is 20.1 Å². The molecule has 5 atom stereocenters. The second kappa shape index (κ2) is 4.65. The third kappa shape index (κ3) is 2.10. The molecule has 8 heteroatoms. The van der Waals surface area contributed by atoms with E-state index in [2.05, 4.69) is 4.98 Å². The van der Waals surface area contributed by atoms with Gasteiger partial charge in [-0.05, 0) is 13.0 Å². The third-order valence-corrected chi connectivity index (χ3v) is 2.88. The molecule has 1 saturated heterocycles. The van der Waals surface area contributed by atoms with Crippen molar-refractivity contribution in [3.05, 3.63) is 22.7 Å². The van der Waals surface area contributed by atoms with E-state index >= 15 is 0 Å². The lowest BCUT2D eigenvalue weighted by atomic mass is 10.1. The van der Waals surface area contributed by atoms with Crippen molar-refractivity contribution in [2.24, 2.45) is 0 Å². The van der Waals surface area contributed by atoms with Crippen molar-refractivity contribution in [1.82, 2.24) is 9.55 Å². The molecule has 5 N–H and O–H groups in total. The number of nitrogens with two attached hydrogens (primary N) is 1. The van der Waals surface area contributed by atoms with Crippen LogP contribution < -0.4 is 11.4 Å². The molecule has 100 valence electrons. The Bertz CT molecular complexity index is 489. The number of hydrogen-bond acceptors (Lipinski definition) is 7. The first-order chi connectivity index (χ1) is 8.41. The first-order valence-corrected chi connectivity index (χ1v) is 5.46. The van der Waals surface area contributed by atoms with Gasteiger partial charge >= 0.3 is 5.69 Å². The molecule has 2 rings (SSSR count). The number of nitrogen functional groups attached to an aromatic ring is 1. The summed E-state index contributed by atoms with van der Waals surface area (Å²) in [5.41, 5.74) is 4.65.